The number of nitrogens with one attached hydrogen (secondary N) is 1. The van der Waals surface area contributed by atoms with E-state index in [-0.39, 0.29) is 12.0 Å². The molecule has 14 heavy (non-hydrogen) atoms. The van der Waals surface area contributed by atoms with Crippen LogP contribution in [0.15, 0.2) is 17.1 Å². The number of primary amides is 1. The fourth-order valence-corrected chi connectivity index (χ4v) is 1.19. The van der Waals surface area contributed by atoms with E-state index in [1.165, 1.54) is 6.20 Å². The summed E-state index contributed by atoms with van der Waals surface area (Å²) in [5.74, 6) is -0.764. The molecule has 0 saturated carbocycles. The molecule has 0 fully saturated rings. The van der Waals surface area contributed by atoms with Crippen LogP contribution in [0.5, 0.6) is 0 Å². The lowest BCUT2D eigenvalue weighted by Gasteiger charge is -2.01. The Morgan fingerprint density at radius 3 is 2.93 bits per heavy atom. The standard InChI is InChI=1S/C9H9N3O2/c10-4-1-2-6-3-5-12-9(14)7(6)8(11)13/h3,5H,1-2H2,(H2,11,13)(H,12,14). The number of nitrogens with zero attached hydrogens (tertiary/aromatic N) is 1. The number of hydrogen-bond acceptors (Lipinski definition) is 3. The van der Waals surface area contributed by atoms with E-state index in [0.29, 0.717) is 12.0 Å². The fourth-order valence-electron chi connectivity index (χ4n) is 1.19. The maximum absolute atomic E-state index is 11.2. The van der Waals surface area contributed by atoms with Crippen LogP contribution in [-0.4, -0.2) is 10.9 Å². The van der Waals surface area contributed by atoms with Gasteiger partial charge < -0.3 is 10.7 Å². The lowest BCUT2D eigenvalue weighted by molar-refractivity contribution is 0.0998. The van der Waals surface area contributed by atoms with Crippen molar-refractivity contribution in [3.8, 4) is 6.07 Å². The largest absolute Gasteiger partial charge is 0.365 e. The van der Waals surface area contributed by atoms with Crippen molar-refractivity contribution < 1.29 is 4.79 Å². The van der Waals surface area contributed by atoms with Crippen molar-refractivity contribution in [1.29, 1.82) is 5.26 Å². The smallest absolute Gasteiger partial charge is 0.261 e. The third-order valence-corrected chi connectivity index (χ3v) is 1.80. The van der Waals surface area contributed by atoms with Gasteiger partial charge in [-0.15, -0.1) is 0 Å². The number of hydrogen-bond donors (Lipinski definition) is 2. The Bertz CT molecular complexity index is 442. The molecular weight excluding hydrogens is 182 g/mol. The molecule has 1 rings (SSSR count). The molecule has 0 bridgehead atoms. The van der Waals surface area contributed by atoms with Crippen molar-refractivity contribution >= 4 is 5.91 Å². The van der Waals surface area contributed by atoms with Gasteiger partial charge in [-0.3, -0.25) is 9.59 Å². The number of aryl methyl sites for hydroxylation is 1. The molecule has 0 aliphatic heterocycles. The normalized spacial score (nSPS) is 9.36. The average molecular weight is 191 g/mol. The lowest BCUT2D eigenvalue weighted by Crippen LogP contribution is -2.25. The second-order valence-electron chi connectivity index (χ2n) is 2.73. The van der Waals surface area contributed by atoms with Gasteiger partial charge in [0.2, 0.25) is 0 Å². The number of carbonyl (C=O) groups excluding carboxylic acids is 1. The summed E-state index contributed by atoms with van der Waals surface area (Å²) in [5, 5.41) is 8.37. The van der Waals surface area contributed by atoms with E-state index in [2.05, 4.69) is 4.98 Å². The van der Waals surface area contributed by atoms with E-state index < -0.39 is 11.5 Å². The maximum Gasteiger partial charge on any atom is 0.261 e. The molecule has 5 heteroatoms. The van der Waals surface area contributed by atoms with Gasteiger partial charge in [0.05, 0.1) is 6.07 Å². The molecule has 1 amide bonds. The van der Waals surface area contributed by atoms with E-state index in [1.807, 2.05) is 6.07 Å². The monoisotopic (exact) mass is 191 g/mol. The number of H-pyrrole nitrogens is 1. The van der Waals surface area contributed by atoms with Gasteiger partial charge in [0.25, 0.3) is 11.5 Å². The molecule has 1 heterocycles. The van der Waals surface area contributed by atoms with E-state index in [0.717, 1.165) is 0 Å². The van der Waals surface area contributed by atoms with Crippen molar-refractivity contribution in [3.63, 3.8) is 0 Å². The first kappa shape index (κ1) is 9.99. The molecule has 0 saturated heterocycles. The number of amides is 1. The van der Waals surface area contributed by atoms with E-state index in [4.69, 9.17) is 11.0 Å². The van der Waals surface area contributed by atoms with Crippen molar-refractivity contribution in [2.45, 2.75) is 12.8 Å². The molecule has 0 unspecified atom stereocenters. The predicted octanol–water partition coefficient (Wildman–Crippen LogP) is -0.0700. The number of rotatable bonds is 3. The molecule has 1 aromatic rings. The van der Waals surface area contributed by atoms with Crippen LogP contribution < -0.4 is 11.3 Å². The van der Waals surface area contributed by atoms with Gasteiger partial charge in [0.15, 0.2) is 0 Å². The topological polar surface area (TPSA) is 99.7 Å². The molecule has 3 N–H and O–H groups in total. The van der Waals surface area contributed by atoms with Gasteiger partial charge >= 0.3 is 0 Å². The van der Waals surface area contributed by atoms with Crippen LogP contribution in [0.1, 0.15) is 22.3 Å². The molecule has 0 spiro atoms. The first-order valence-electron chi connectivity index (χ1n) is 4.04. The molecule has 0 atom stereocenters. The van der Waals surface area contributed by atoms with E-state index >= 15 is 0 Å². The molecule has 5 nitrogen and oxygen atoms in total. The minimum absolute atomic E-state index is 0.0530. The first-order chi connectivity index (χ1) is 6.66. The maximum atomic E-state index is 11.2. The molecule has 1 aromatic heterocycles. The van der Waals surface area contributed by atoms with Gasteiger partial charge in [0.1, 0.15) is 5.56 Å². The predicted molar refractivity (Wildman–Crippen MR) is 49.5 cm³/mol. The highest BCUT2D eigenvalue weighted by Crippen LogP contribution is 2.04. The van der Waals surface area contributed by atoms with Crippen molar-refractivity contribution in [2.24, 2.45) is 5.73 Å². The highest BCUT2D eigenvalue weighted by atomic mass is 16.2. The average Bonchev–Trinajstić information content (AvgIpc) is 2.14. The molecule has 0 aliphatic carbocycles. The van der Waals surface area contributed by atoms with Crippen LogP contribution in [0.2, 0.25) is 0 Å². The Hall–Kier alpha value is -2.09. The first-order valence-corrected chi connectivity index (χ1v) is 4.04. The molecule has 72 valence electrons. The quantitative estimate of drug-likeness (QED) is 0.699. The SMILES string of the molecule is N#CCCc1cc[nH]c(=O)c1C(N)=O. The molecule has 0 aromatic carbocycles. The summed E-state index contributed by atoms with van der Waals surface area (Å²) >= 11 is 0. The number of carbonyl (C=O) groups is 1. The van der Waals surface area contributed by atoms with Crippen LogP contribution in [0, 0.1) is 11.3 Å². The summed E-state index contributed by atoms with van der Waals surface area (Å²) in [7, 11) is 0. The van der Waals surface area contributed by atoms with Crippen molar-refractivity contribution in [3.05, 3.63) is 33.7 Å². The number of aromatic nitrogens is 1. The summed E-state index contributed by atoms with van der Waals surface area (Å²) in [6.07, 6.45) is 2.05. The molecule has 0 radical (unpaired) electrons. The van der Waals surface area contributed by atoms with Gasteiger partial charge in [-0.25, -0.2) is 0 Å². The summed E-state index contributed by atoms with van der Waals surface area (Å²) in [5.41, 5.74) is 5.00. The third kappa shape index (κ3) is 1.98. The summed E-state index contributed by atoms with van der Waals surface area (Å²) in [4.78, 5) is 24.5. The number of aromatic amines is 1. The van der Waals surface area contributed by atoms with Crippen molar-refractivity contribution in [1.82, 2.24) is 4.98 Å². The Morgan fingerprint density at radius 1 is 1.64 bits per heavy atom. The Kier molecular flexibility index (Phi) is 3.02. The van der Waals surface area contributed by atoms with Gasteiger partial charge in [-0.05, 0) is 18.1 Å². The summed E-state index contributed by atoms with van der Waals surface area (Å²) in [6.45, 7) is 0. The minimum Gasteiger partial charge on any atom is -0.365 e. The number of nitriles is 1. The van der Waals surface area contributed by atoms with Crippen LogP contribution >= 0.6 is 0 Å². The van der Waals surface area contributed by atoms with Crippen LogP contribution in [0.3, 0.4) is 0 Å². The second kappa shape index (κ2) is 4.23. The molecule has 0 aliphatic rings. The lowest BCUT2D eigenvalue weighted by atomic mass is 10.1. The Balaban J connectivity index is 3.16. The van der Waals surface area contributed by atoms with Crippen LogP contribution in [0.25, 0.3) is 0 Å². The fraction of sp³-hybridized carbons (Fsp3) is 0.222. The zero-order chi connectivity index (χ0) is 10.6. The number of pyridine rings is 1. The third-order valence-electron chi connectivity index (χ3n) is 1.80. The highest BCUT2D eigenvalue weighted by molar-refractivity contribution is 5.93. The zero-order valence-electron chi connectivity index (χ0n) is 7.41. The van der Waals surface area contributed by atoms with Crippen LogP contribution in [0.4, 0.5) is 0 Å². The van der Waals surface area contributed by atoms with Gasteiger partial charge in [0, 0.05) is 12.6 Å². The Labute approximate surface area is 80.2 Å². The minimum atomic E-state index is -0.764. The second-order valence-corrected chi connectivity index (χ2v) is 2.73. The summed E-state index contributed by atoms with van der Waals surface area (Å²) < 4.78 is 0. The molecular formula is C9H9N3O2. The van der Waals surface area contributed by atoms with Crippen LogP contribution in [-0.2, 0) is 6.42 Å². The zero-order valence-corrected chi connectivity index (χ0v) is 7.41. The van der Waals surface area contributed by atoms with E-state index in [9.17, 15) is 9.59 Å². The highest BCUT2D eigenvalue weighted by Gasteiger charge is 2.11. The van der Waals surface area contributed by atoms with Gasteiger partial charge in [-0.1, -0.05) is 0 Å². The number of nitrogens with two attached hydrogens (primary N) is 1. The Morgan fingerprint density at radius 2 is 2.36 bits per heavy atom. The van der Waals surface area contributed by atoms with Crippen molar-refractivity contribution in [2.75, 3.05) is 0 Å². The summed E-state index contributed by atoms with van der Waals surface area (Å²) in [6, 6.07) is 3.52. The van der Waals surface area contributed by atoms with Gasteiger partial charge in [-0.2, -0.15) is 5.26 Å². The van der Waals surface area contributed by atoms with E-state index in [1.54, 1.807) is 6.07 Å².